The lowest BCUT2D eigenvalue weighted by Gasteiger charge is -2.19. The minimum Gasteiger partial charge on any atom is -0.354 e. The molecular weight excluding hydrogens is 360 g/mol. The molecular formula is C22H27ClN2O2. The summed E-state index contributed by atoms with van der Waals surface area (Å²) in [7, 11) is 0. The Balaban J connectivity index is 1.82. The van der Waals surface area contributed by atoms with Gasteiger partial charge in [-0.05, 0) is 54.2 Å². The molecule has 0 saturated carbocycles. The smallest absolute Gasteiger partial charge is 0.251 e. The summed E-state index contributed by atoms with van der Waals surface area (Å²) in [6, 6.07) is 14.4. The molecule has 0 heterocycles. The van der Waals surface area contributed by atoms with Crippen molar-refractivity contribution in [1.82, 2.24) is 10.6 Å². The van der Waals surface area contributed by atoms with E-state index in [2.05, 4.69) is 31.4 Å². The first kappa shape index (κ1) is 21.0. The quantitative estimate of drug-likeness (QED) is 0.784. The largest absolute Gasteiger partial charge is 0.354 e. The lowest BCUT2D eigenvalue weighted by Crippen LogP contribution is -2.45. The number of hydrogen-bond acceptors (Lipinski definition) is 2. The summed E-state index contributed by atoms with van der Waals surface area (Å²) in [5, 5.41) is 6.28. The van der Waals surface area contributed by atoms with Gasteiger partial charge in [-0.15, -0.1) is 0 Å². The van der Waals surface area contributed by atoms with Crippen molar-refractivity contribution in [2.24, 2.45) is 0 Å². The fraction of sp³-hybridized carbons (Fsp3) is 0.364. The molecule has 2 N–H and O–H groups in total. The van der Waals surface area contributed by atoms with Crippen LogP contribution in [0.1, 0.15) is 49.2 Å². The number of carbonyl (C=O) groups is 2. The molecule has 144 valence electrons. The first-order valence-electron chi connectivity index (χ1n) is 9.10. The molecule has 0 spiro atoms. The van der Waals surface area contributed by atoms with E-state index < -0.39 is 6.04 Å². The van der Waals surface area contributed by atoms with Gasteiger partial charge in [0.25, 0.3) is 5.91 Å². The molecule has 4 nitrogen and oxygen atoms in total. The Labute approximate surface area is 166 Å². The molecule has 27 heavy (non-hydrogen) atoms. The van der Waals surface area contributed by atoms with Gasteiger partial charge in [0.2, 0.25) is 5.91 Å². The molecule has 5 heteroatoms. The number of carbonyl (C=O) groups excluding carboxylic acids is 2. The van der Waals surface area contributed by atoms with E-state index in [0.717, 1.165) is 11.1 Å². The molecule has 2 amide bonds. The predicted molar refractivity (Wildman–Crippen MR) is 110 cm³/mol. The van der Waals surface area contributed by atoms with Gasteiger partial charge in [0.05, 0.1) is 0 Å². The zero-order chi connectivity index (χ0) is 20.0. The van der Waals surface area contributed by atoms with Crippen LogP contribution in [-0.4, -0.2) is 24.4 Å². The SMILES string of the molecule is CC(NC(=O)c1ccc(C(C)(C)C)cc1)C(=O)NCCc1ccc(Cl)cc1. The van der Waals surface area contributed by atoms with Crippen molar-refractivity contribution in [2.75, 3.05) is 6.54 Å². The molecule has 0 aliphatic rings. The maximum absolute atomic E-state index is 12.3. The van der Waals surface area contributed by atoms with Crippen molar-refractivity contribution in [3.63, 3.8) is 0 Å². The van der Waals surface area contributed by atoms with Crippen molar-refractivity contribution in [3.05, 3.63) is 70.2 Å². The van der Waals surface area contributed by atoms with Crippen molar-refractivity contribution in [2.45, 2.75) is 45.6 Å². The standard InChI is InChI=1S/C22H27ClN2O2/c1-15(20(26)24-14-13-16-5-11-19(23)12-6-16)25-21(27)17-7-9-18(10-8-17)22(2,3)4/h5-12,15H,13-14H2,1-4H3,(H,24,26)(H,25,27). The number of amides is 2. The summed E-state index contributed by atoms with van der Waals surface area (Å²) in [6.07, 6.45) is 0.706. The fourth-order valence-corrected chi connectivity index (χ4v) is 2.73. The molecule has 0 radical (unpaired) electrons. The Hall–Kier alpha value is -2.33. The number of nitrogens with one attached hydrogen (secondary N) is 2. The van der Waals surface area contributed by atoms with Crippen molar-refractivity contribution >= 4 is 23.4 Å². The monoisotopic (exact) mass is 386 g/mol. The lowest BCUT2D eigenvalue weighted by molar-refractivity contribution is -0.122. The van der Waals surface area contributed by atoms with E-state index in [4.69, 9.17) is 11.6 Å². The Morgan fingerprint density at radius 2 is 1.59 bits per heavy atom. The summed E-state index contributed by atoms with van der Waals surface area (Å²) in [5.74, 6) is -0.459. The van der Waals surface area contributed by atoms with Crippen LogP contribution >= 0.6 is 11.6 Å². The first-order valence-corrected chi connectivity index (χ1v) is 9.48. The van der Waals surface area contributed by atoms with E-state index >= 15 is 0 Å². The summed E-state index contributed by atoms with van der Waals surface area (Å²) in [4.78, 5) is 24.5. The van der Waals surface area contributed by atoms with Gasteiger partial charge in [0.1, 0.15) is 6.04 Å². The second kappa shape index (κ2) is 9.05. The van der Waals surface area contributed by atoms with Gasteiger partial charge in [-0.2, -0.15) is 0 Å². The third-order valence-corrected chi connectivity index (χ3v) is 4.63. The minimum atomic E-state index is -0.606. The minimum absolute atomic E-state index is 0.0340. The number of rotatable bonds is 6. The van der Waals surface area contributed by atoms with Crippen LogP contribution in [0.25, 0.3) is 0 Å². The third-order valence-electron chi connectivity index (χ3n) is 4.38. The van der Waals surface area contributed by atoms with Crippen molar-refractivity contribution in [1.29, 1.82) is 0 Å². The van der Waals surface area contributed by atoms with Crippen LogP contribution in [0.15, 0.2) is 48.5 Å². The van der Waals surface area contributed by atoms with Gasteiger partial charge in [0.15, 0.2) is 0 Å². The van der Waals surface area contributed by atoms with Crippen LogP contribution in [0.3, 0.4) is 0 Å². The first-order chi connectivity index (χ1) is 12.7. The predicted octanol–water partition coefficient (Wildman–Crippen LogP) is 4.11. The van der Waals surface area contributed by atoms with E-state index in [0.29, 0.717) is 23.6 Å². The average Bonchev–Trinajstić information content (AvgIpc) is 2.62. The molecule has 0 saturated heterocycles. The molecule has 0 fully saturated rings. The fourth-order valence-electron chi connectivity index (χ4n) is 2.60. The Kier molecular flexibility index (Phi) is 7.03. The molecule has 1 unspecified atom stereocenters. The maximum Gasteiger partial charge on any atom is 0.251 e. The van der Waals surface area contributed by atoms with Crippen LogP contribution in [0.5, 0.6) is 0 Å². The molecule has 0 aliphatic heterocycles. The van der Waals surface area contributed by atoms with Gasteiger partial charge in [-0.25, -0.2) is 0 Å². The molecule has 0 aromatic heterocycles. The number of benzene rings is 2. The summed E-state index contributed by atoms with van der Waals surface area (Å²) in [6.45, 7) is 8.55. The highest BCUT2D eigenvalue weighted by Gasteiger charge is 2.18. The molecule has 0 aliphatic carbocycles. The van der Waals surface area contributed by atoms with Crippen LogP contribution in [0, 0.1) is 0 Å². The highest BCUT2D eigenvalue weighted by molar-refractivity contribution is 6.30. The Morgan fingerprint density at radius 1 is 1.00 bits per heavy atom. The van der Waals surface area contributed by atoms with Crippen LogP contribution in [0.4, 0.5) is 0 Å². The van der Waals surface area contributed by atoms with E-state index in [1.807, 2.05) is 36.4 Å². The Morgan fingerprint density at radius 3 is 2.15 bits per heavy atom. The molecule has 0 bridgehead atoms. The number of halogens is 1. The zero-order valence-corrected chi connectivity index (χ0v) is 17.1. The van der Waals surface area contributed by atoms with E-state index in [1.54, 1.807) is 19.1 Å². The van der Waals surface area contributed by atoms with Gasteiger partial charge in [-0.1, -0.05) is 56.6 Å². The second-order valence-corrected chi connectivity index (χ2v) is 8.13. The summed E-state index contributed by atoms with van der Waals surface area (Å²) in [5.41, 5.74) is 2.83. The van der Waals surface area contributed by atoms with Crippen LogP contribution in [0.2, 0.25) is 5.02 Å². The highest BCUT2D eigenvalue weighted by Crippen LogP contribution is 2.22. The summed E-state index contributed by atoms with van der Waals surface area (Å²) >= 11 is 5.86. The van der Waals surface area contributed by atoms with Gasteiger partial charge >= 0.3 is 0 Å². The number of hydrogen-bond donors (Lipinski definition) is 2. The van der Waals surface area contributed by atoms with Gasteiger partial charge in [-0.3, -0.25) is 9.59 Å². The van der Waals surface area contributed by atoms with Gasteiger partial charge in [0, 0.05) is 17.1 Å². The van der Waals surface area contributed by atoms with Gasteiger partial charge < -0.3 is 10.6 Å². The highest BCUT2D eigenvalue weighted by atomic mass is 35.5. The second-order valence-electron chi connectivity index (χ2n) is 7.69. The van der Waals surface area contributed by atoms with Crippen molar-refractivity contribution < 1.29 is 9.59 Å². The molecule has 2 aromatic carbocycles. The van der Waals surface area contributed by atoms with E-state index in [1.165, 1.54) is 0 Å². The Bertz CT molecular complexity index is 777. The third kappa shape index (κ3) is 6.40. The molecule has 2 aromatic rings. The zero-order valence-electron chi connectivity index (χ0n) is 16.3. The van der Waals surface area contributed by atoms with Crippen LogP contribution < -0.4 is 10.6 Å². The normalized spacial score (nSPS) is 12.3. The maximum atomic E-state index is 12.3. The van der Waals surface area contributed by atoms with Crippen molar-refractivity contribution in [3.8, 4) is 0 Å². The topological polar surface area (TPSA) is 58.2 Å². The molecule has 2 rings (SSSR count). The van der Waals surface area contributed by atoms with Crippen LogP contribution in [-0.2, 0) is 16.6 Å². The summed E-state index contributed by atoms with van der Waals surface area (Å²) < 4.78 is 0. The van der Waals surface area contributed by atoms with E-state index in [9.17, 15) is 9.59 Å². The average molecular weight is 387 g/mol. The lowest BCUT2D eigenvalue weighted by atomic mass is 9.86. The van der Waals surface area contributed by atoms with E-state index in [-0.39, 0.29) is 17.2 Å². The molecule has 1 atom stereocenters.